The molecule has 10 nitrogen and oxygen atoms in total. The highest BCUT2D eigenvalue weighted by molar-refractivity contribution is 6.30. The van der Waals surface area contributed by atoms with E-state index in [0.29, 0.717) is 21.7 Å². The summed E-state index contributed by atoms with van der Waals surface area (Å²) in [6, 6.07) is 6.76. The Kier molecular flexibility index (Phi) is 5.34. The third kappa shape index (κ3) is 4.09. The van der Waals surface area contributed by atoms with Crippen LogP contribution in [-0.4, -0.2) is 34.6 Å². The highest BCUT2D eigenvalue weighted by atomic mass is 35.5. The van der Waals surface area contributed by atoms with Gasteiger partial charge in [-0.3, -0.25) is 14.0 Å². The van der Waals surface area contributed by atoms with Gasteiger partial charge in [-0.25, -0.2) is 4.79 Å². The summed E-state index contributed by atoms with van der Waals surface area (Å²) in [7, 11) is 1.73. The molecule has 0 amide bonds. The number of aliphatic hydroxyl groups is 1. The number of halogens is 1. The van der Waals surface area contributed by atoms with E-state index in [2.05, 4.69) is 20.2 Å². The average molecular weight is 429 g/mol. The number of H-pyrrole nitrogens is 1. The molecule has 4 aromatic rings. The van der Waals surface area contributed by atoms with Gasteiger partial charge in [0, 0.05) is 36.4 Å². The Hall–Kier alpha value is -3.50. The monoisotopic (exact) mass is 428 g/mol. The van der Waals surface area contributed by atoms with E-state index in [0.717, 1.165) is 4.57 Å². The van der Waals surface area contributed by atoms with Gasteiger partial charge in [0.2, 0.25) is 5.89 Å². The predicted octanol–water partition coefficient (Wildman–Crippen LogP) is 1.30. The maximum absolute atomic E-state index is 12.8. The lowest BCUT2D eigenvalue weighted by Gasteiger charge is -2.08. The lowest BCUT2D eigenvalue weighted by atomic mass is 10.1. The molecule has 0 saturated heterocycles. The van der Waals surface area contributed by atoms with Gasteiger partial charge in [-0.2, -0.15) is 10.1 Å². The molecule has 0 radical (unpaired) electrons. The molecular formula is C19H17ClN6O4. The van der Waals surface area contributed by atoms with Gasteiger partial charge in [-0.05, 0) is 17.7 Å². The maximum Gasteiger partial charge on any atom is 0.328 e. The van der Waals surface area contributed by atoms with Gasteiger partial charge in [0.15, 0.2) is 5.82 Å². The molecule has 30 heavy (non-hydrogen) atoms. The summed E-state index contributed by atoms with van der Waals surface area (Å²) < 4.78 is 7.69. The van der Waals surface area contributed by atoms with Crippen LogP contribution in [0.4, 0.5) is 0 Å². The van der Waals surface area contributed by atoms with E-state index in [1.165, 1.54) is 12.4 Å². The number of nitrogens with one attached hydrogen (secondary N) is 1. The molecule has 3 aromatic heterocycles. The van der Waals surface area contributed by atoms with E-state index in [9.17, 15) is 14.7 Å². The van der Waals surface area contributed by atoms with Crippen LogP contribution in [0.3, 0.4) is 0 Å². The topological polar surface area (TPSA) is 132 Å². The van der Waals surface area contributed by atoms with Crippen LogP contribution in [0, 0.1) is 0 Å². The fourth-order valence-corrected chi connectivity index (χ4v) is 3.10. The Balaban J connectivity index is 1.54. The zero-order valence-corrected chi connectivity index (χ0v) is 16.6. The first-order valence-electron chi connectivity index (χ1n) is 8.97. The molecule has 11 heteroatoms. The van der Waals surface area contributed by atoms with Gasteiger partial charge in [0.1, 0.15) is 6.54 Å². The lowest BCUT2D eigenvalue weighted by molar-refractivity contribution is 0.174. The minimum atomic E-state index is -0.854. The third-order valence-corrected chi connectivity index (χ3v) is 4.76. The quantitative estimate of drug-likeness (QED) is 0.473. The summed E-state index contributed by atoms with van der Waals surface area (Å²) in [5, 5.41) is 18.8. The van der Waals surface area contributed by atoms with Crippen LogP contribution in [0.2, 0.25) is 5.02 Å². The number of rotatable bonds is 6. The summed E-state index contributed by atoms with van der Waals surface area (Å²) in [6.45, 7) is -0.202. The molecule has 0 saturated carbocycles. The second kappa shape index (κ2) is 8.09. The van der Waals surface area contributed by atoms with Crippen molar-refractivity contribution in [3.63, 3.8) is 0 Å². The van der Waals surface area contributed by atoms with Crippen LogP contribution in [0.5, 0.6) is 0 Å². The first kappa shape index (κ1) is 19.8. The van der Waals surface area contributed by atoms with Crippen LogP contribution in [-0.2, 0) is 20.0 Å². The molecule has 1 atom stereocenters. The molecular weight excluding hydrogens is 412 g/mol. The van der Waals surface area contributed by atoms with Crippen LogP contribution in [0.15, 0.2) is 57.0 Å². The Bertz CT molecular complexity index is 1290. The Morgan fingerprint density at radius 2 is 2.03 bits per heavy atom. The number of aromatic nitrogens is 6. The zero-order valence-electron chi connectivity index (χ0n) is 15.8. The van der Waals surface area contributed by atoms with Crippen molar-refractivity contribution in [2.24, 2.45) is 7.05 Å². The Morgan fingerprint density at radius 3 is 2.73 bits per heavy atom. The summed E-state index contributed by atoms with van der Waals surface area (Å²) in [5.74, 6) is 0.324. The fraction of sp³-hybridized carbons (Fsp3) is 0.211. The van der Waals surface area contributed by atoms with Gasteiger partial charge in [-0.15, -0.1) is 0 Å². The highest BCUT2D eigenvalue weighted by Gasteiger charge is 2.17. The minimum Gasteiger partial charge on any atom is -0.388 e. The number of nitrogens with zero attached hydrogens (tertiary/aromatic N) is 5. The van der Waals surface area contributed by atoms with Crippen molar-refractivity contribution in [1.29, 1.82) is 0 Å². The number of hydrogen-bond donors (Lipinski definition) is 2. The van der Waals surface area contributed by atoms with E-state index >= 15 is 0 Å². The van der Waals surface area contributed by atoms with Gasteiger partial charge >= 0.3 is 5.69 Å². The van der Waals surface area contributed by atoms with Crippen molar-refractivity contribution in [2.75, 3.05) is 0 Å². The van der Waals surface area contributed by atoms with Crippen molar-refractivity contribution in [3.8, 4) is 11.1 Å². The molecule has 0 bridgehead atoms. The normalized spacial score (nSPS) is 12.2. The number of aryl methyl sites for hydroxylation is 1. The summed E-state index contributed by atoms with van der Waals surface area (Å²) >= 11 is 5.85. The molecule has 3 heterocycles. The largest absolute Gasteiger partial charge is 0.388 e. The highest BCUT2D eigenvalue weighted by Crippen LogP contribution is 2.19. The van der Waals surface area contributed by atoms with Crippen molar-refractivity contribution in [1.82, 2.24) is 29.5 Å². The average Bonchev–Trinajstić information content (AvgIpc) is 3.34. The molecule has 1 aromatic carbocycles. The molecule has 0 spiro atoms. The molecule has 0 aliphatic rings. The number of hydrogen-bond acceptors (Lipinski definition) is 7. The van der Waals surface area contributed by atoms with E-state index in [1.807, 2.05) is 0 Å². The fourth-order valence-electron chi connectivity index (χ4n) is 2.97. The number of benzene rings is 1. The molecule has 0 aliphatic heterocycles. The molecule has 2 N–H and O–H groups in total. The van der Waals surface area contributed by atoms with Crippen LogP contribution in [0.25, 0.3) is 11.1 Å². The van der Waals surface area contributed by atoms with Crippen molar-refractivity contribution in [3.05, 3.63) is 86.0 Å². The smallest absolute Gasteiger partial charge is 0.328 e. The SMILES string of the molecule is Cn1cc(-c2c[nH]c(=O)n(Cc3nc(C[C@H](O)c4ccc(Cl)cc4)no3)c2=O)cn1. The summed E-state index contributed by atoms with van der Waals surface area (Å²) in [4.78, 5) is 31.7. The van der Waals surface area contributed by atoms with Crippen LogP contribution >= 0.6 is 11.6 Å². The lowest BCUT2D eigenvalue weighted by Crippen LogP contribution is -2.36. The Labute approximate surface area is 174 Å². The first-order valence-corrected chi connectivity index (χ1v) is 9.35. The van der Waals surface area contributed by atoms with Gasteiger partial charge < -0.3 is 14.6 Å². The second-order valence-electron chi connectivity index (χ2n) is 6.68. The van der Waals surface area contributed by atoms with Crippen molar-refractivity contribution < 1.29 is 9.63 Å². The standard InChI is InChI=1S/C19H17ClN6O4/c1-25-9-12(7-22-25)14-8-21-19(29)26(18(14)28)10-17-23-16(24-30-17)6-15(27)11-2-4-13(20)5-3-11/h2-5,7-9,15,27H,6,10H2,1H3,(H,21,29)/t15-/m0/s1. The molecule has 0 unspecified atom stereocenters. The van der Waals surface area contributed by atoms with Gasteiger partial charge in [-0.1, -0.05) is 28.9 Å². The van der Waals surface area contributed by atoms with E-state index < -0.39 is 17.4 Å². The maximum atomic E-state index is 12.8. The second-order valence-corrected chi connectivity index (χ2v) is 7.11. The van der Waals surface area contributed by atoms with Gasteiger partial charge in [0.05, 0.1) is 17.9 Å². The molecule has 4 rings (SSSR count). The molecule has 154 valence electrons. The van der Waals surface area contributed by atoms with Crippen molar-refractivity contribution >= 4 is 11.6 Å². The minimum absolute atomic E-state index is 0.0734. The van der Waals surface area contributed by atoms with E-state index in [4.69, 9.17) is 16.1 Å². The van der Waals surface area contributed by atoms with Crippen LogP contribution in [0.1, 0.15) is 23.4 Å². The van der Waals surface area contributed by atoms with E-state index in [-0.39, 0.29) is 24.7 Å². The predicted molar refractivity (Wildman–Crippen MR) is 107 cm³/mol. The summed E-state index contributed by atoms with van der Waals surface area (Å²) in [6.07, 6.45) is 3.80. The zero-order chi connectivity index (χ0) is 21.3. The van der Waals surface area contributed by atoms with E-state index in [1.54, 1.807) is 42.2 Å². The number of aliphatic hydroxyl groups excluding tert-OH is 1. The molecule has 0 fully saturated rings. The summed E-state index contributed by atoms with van der Waals surface area (Å²) in [5.41, 5.74) is 0.411. The van der Waals surface area contributed by atoms with Gasteiger partial charge in [0.25, 0.3) is 5.56 Å². The van der Waals surface area contributed by atoms with Crippen molar-refractivity contribution in [2.45, 2.75) is 19.1 Å². The first-order chi connectivity index (χ1) is 14.4. The van der Waals surface area contributed by atoms with Crippen LogP contribution < -0.4 is 11.2 Å². The number of aromatic amines is 1. The third-order valence-electron chi connectivity index (χ3n) is 4.51. The Morgan fingerprint density at radius 1 is 1.27 bits per heavy atom. The molecule has 0 aliphatic carbocycles.